The highest BCUT2D eigenvalue weighted by atomic mass is 35.5. The van der Waals surface area contributed by atoms with Gasteiger partial charge >= 0.3 is 0 Å². The fraction of sp³-hybridized carbons (Fsp3) is 0.625. The van der Waals surface area contributed by atoms with Crippen LogP contribution in [0.15, 0.2) is 12.3 Å². The molecule has 1 amide bonds. The Morgan fingerprint density at radius 1 is 1.38 bits per heavy atom. The van der Waals surface area contributed by atoms with E-state index in [0.717, 1.165) is 31.6 Å². The number of nitrogens with zero attached hydrogens (tertiary/aromatic N) is 2. The minimum absolute atomic E-state index is 0.123. The Morgan fingerprint density at radius 2 is 2.00 bits per heavy atom. The number of amides is 1. The summed E-state index contributed by atoms with van der Waals surface area (Å²) in [5, 5.41) is 3.54. The van der Waals surface area contributed by atoms with Crippen LogP contribution in [0.3, 0.4) is 0 Å². The number of aryl methyl sites for hydroxylation is 1. The van der Waals surface area contributed by atoms with E-state index in [0.29, 0.717) is 10.6 Å². The van der Waals surface area contributed by atoms with Crippen molar-refractivity contribution in [2.75, 3.05) is 13.1 Å². The summed E-state index contributed by atoms with van der Waals surface area (Å²) in [5.74, 6) is -0.123. The van der Waals surface area contributed by atoms with Crippen molar-refractivity contribution in [3.63, 3.8) is 0 Å². The van der Waals surface area contributed by atoms with E-state index in [1.165, 1.54) is 0 Å². The van der Waals surface area contributed by atoms with Gasteiger partial charge in [-0.05, 0) is 46.6 Å². The van der Waals surface area contributed by atoms with E-state index in [1.54, 1.807) is 12.3 Å². The molecule has 5 heteroatoms. The highest BCUT2D eigenvalue weighted by Gasteiger charge is 2.28. The zero-order valence-corrected chi connectivity index (χ0v) is 14.0. The van der Waals surface area contributed by atoms with E-state index in [2.05, 4.69) is 36.0 Å². The van der Waals surface area contributed by atoms with Crippen molar-refractivity contribution < 1.29 is 4.79 Å². The van der Waals surface area contributed by atoms with Crippen LogP contribution in [-0.2, 0) is 0 Å². The molecule has 0 aliphatic carbocycles. The molecule has 1 saturated heterocycles. The van der Waals surface area contributed by atoms with Crippen molar-refractivity contribution >= 4 is 17.5 Å². The predicted octanol–water partition coefficient (Wildman–Crippen LogP) is 3.04. The Labute approximate surface area is 131 Å². The van der Waals surface area contributed by atoms with Crippen LogP contribution in [0.2, 0.25) is 5.02 Å². The lowest BCUT2D eigenvalue weighted by molar-refractivity contribution is 0.0812. The number of hydrogen-bond acceptors (Lipinski definition) is 3. The molecule has 4 nitrogen and oxygen atoms in total. The van der Waals surface area contributed by atoms with Crippen LogP contribution in [0.1, 0.15) is 49.7 Å². The van der Waals surface area contributed by atoms with Crippen molar-refractivity contribution in [3.8, 4) is 0 Å². The molecule has 116 valence electrons. The summed E-state index contributed by atoms with van der Waals surface area (Å²) < 4.78 is 0. The third-order valence-corrected chi connectivity index (χ3v) is 4.33. The lowest BCUT2D eigenvalue weighted by Crippen LogP contribution is -2.50. The first-order valence-corrected chi connectivity index (χ1v) is 7.83. The van der Waals surface area contributed by atoms with Gasteiger partial charge in [0.1, 0.15) is 0 Å². The molecule has 2 heterocycles. The van der Waals surface area contributed by atoms with Crippen LogP contribution >= 0.6 is 11.6 Å². The number of nitrogens with one attached hydrogen (secondary N) is 1. The predicted molar refractivity (Wildman–Crippen MR) is 85.8 cm³/mol. The minimum Gasteiger partial charge on any atom is -0.349 e. The van der Waals surface area contributed by atoms with Crippen molar-refractivity contribution in [1.29, 1.82) is 0 Å². The van der Waals surface area contributed by atoms with Gasteiger partial charge in [-0.3, -0.25) is 14.7 Å². The second-order valence-electron chi connectivity index (χ2n) is 6.71. The molecule has 0 radical (unpaired) electrons. The Kier molecular flexibility index (Phi) is 4.89. The SMILES string of the molecule is Cc1cc(Cl)c(C(=O)NC2CCN(C(C)(C)C)CC2)cn1. The first-order chi connectivity index (χ1) is 9.77. The molecular weight excluding hydrogens is 286 g/mol. The number of rotatable bonds is 2. The molecule has 1 aromatic heterocycles. The van der Waals surface area contributed by atoms with E-state index in [4.69, 9.17) is 11.6 Å². The summed E-state index contributed by atoms with van der Waals surface area (Å²) in [4.78, 5) is 18.9. The largest absolute Gasteiger partial charge is 0.349 e. The first kappa shape index (κ1) is 16.2. The summed E-state index contributed by atoms with van der Waals surface area (Å²) in [7, 11) is 0. The van der Waals surface area contributed by atoms with Gasteiger partial charge in [-0.1, -0.05) is 11.6 Å². The Balaban J connectivity index is 1.93. The van der Waals surface area contributed by atoms with Gasteiger partial charge in [0.05, 0.1) is 10.6 Å². The van der Waals surface area contributed by atoms with Gasteiger partial charge in [-0.25, -0.2) is 0 Å². The molecule has 0 unspecified atom stereocenters. The molecule has 0 spiro atoms. The number of hydrogen-bond donors (Lipinski definition) is 1. The first-order valence-electron chi connectivity index (χ1n) is 7.45. The molecule has 1 aromatic rings. The van der Waals surface area contributed by atoms with Crippen LogP contribution in [0.5, 0.6) is 0 Å². The van der Waals surface area contributed by atoms with E-state index in [9.17, 15) is 4.79 Å². The quantitative estimate of drug-likeness (QED) is 0.913. The maximum absolute atomic E-state index is 12.3. The highest BCUT2D eigenvalue weighted by Crippen LogP contribution is 2.21. The highest BCUT2D eigenvalue weighted by molar-refractivity contribution is 6.33. The number of piperidine rings is 1. The van der Waals surface area contributed by atoms with Crippen LogP contribution in [0.4, 0.5) is 0 Å². The topological polar surface area (TPSA) is 45.2 Å². The maximum Gasteiger partial charge on any atom is 0.254 e. The summed E-state index contributed by atoms with van der Waals surface area (Å²) >= 11 is 6.12. The smallest absolute Gasteiger partial charge is 0.254 e. The molecule has 0 bridgehead atoms. The Bertz CT molecular complexity index is 517. The van der Waals surface area contributed by atoms with Gasteiger partial charge in [-0.15, -0.1) is 0 Å². The molecule has 2 rings (SSSR count). The number of halogens is 1. The molecule has 0 saturated carbocycles. The monoisotopic (exact) mass is 309 g/mol. The van der Waals surface area contributed by atoms with Crippen LogP contribution in [0.25, 0.3) is 0 Å². The molecule has 1 aliphatic heterocycles. The zero-order chi connectivity index (χ0) is 15.6. The average Bonchev–Trinajstić information content (AvgIpc) is 2.38. The molecule has 1 N–H and O–H groups in total. The van der Waals surface area contributed by atoms with Crippen molar-refractivity contribution in [1.82, 2.24) is 15.2 Å². The number of carbonyl (C=O) groups excluding carboxylic acids is 1. The van der Waals surface area contributed by atoms with E-state index in [1.807, 2.05) is 6.92 Å². The second kappa shape index (κ2) is 6.32. The van der Waals surface area contributed by atoms with Crippen molar-refractivity contribution in [2.45, 2.75) is 52.1 Å². The molecule has 0 atom stereocenters. The molecule has 1 fully saturated rings. The van der Waals surface area contributed by atoms with Gasteiger partial charge in [0.25, 0.3) is 5.91 Å². The van der Waals surface area contributed by atoms with Gasteiger partial charge in [0.15, 0.2) is 0 Å². The zero-order valence-electron chi connectivity index (χ0n) is 13.2. The molecule has 1 aliphatic rings. The lowest BCUT2D eigenvalue weighted by atomic mass is 9.98. The minimum atomic E-state index is -0.123. The van der Waals surface area contributed by atoms with Gasteiger partial charge in [0, 0.05) is 36.6 Å². The summed E-state index contributed by atoms with van der Waals surface area (Å²) in [6, 6.07) is 1.94. The maximum atomic E-state index is 12.3. The molecule has 21 heavy (non-hydrogen) atoms. The molecule has 0 aromatic carbocycles. The van der Waals surface area contributed by atoms with Gasteiger partial charge in [-0.2, -0.15) is 0 Å². The van der Waals surface area contributed by atoms with Gasteiger partial charge < -0.3 is 5.32 Å². The van der Waals surface area contributed by atoms with E-state index < -0.39 is 0 Å². The van der Waals surface area contributed by atoms with Crippen LogP contribution in [0, 0.1) is 6.92 Å². The summed E-state index contributed by atoms with van der Waals surface area (Å²) in [6.45, 7) is 10.6. The summed E-state index contributed by atoms with van der Waals surface area (Å²) in [5.41, 5.74) is 1.47. The number of carbonyl (C=O) groups is 1. The van der Waals surface area contributed by atoms with Crippen LogP contribution < -0.4 is 5.32 Å². The normalized spacial score (nSPS) is 17.8. The summed E-state index contributed by atoms with van der Waals surface area (Å²) in [6.07, 6.45) is 3.50. The number of aromatic nitrogens is 1. The Morgan fingerprint density at radius 3 is 2.52 bits per heavy atom. The third kappa shape index (κ3) is 4.17. The fourth-order valence-corrected chi connectivity index (χ4v) is 2.94. The van der Waals surface area contributed by atoms with E-state index in [-0.39, 0.29) is 17.5 Å². The fourth-order valence-electron chi connectivity index (χ4n) is 2.65. The average molecular weight is 310 g/mol. The van der Waals surface area contributed by atoms with Crippen molar-refractivity contribution in [2.24, 2.45) is 0 Å². The van der Waals surface area contributed by atoms with Crippen LogP contribution in [-0.4, -0.2) is 40.5 Å². The number of likely N-dealkylation sites (tertiary alicyclic amines) is 1. The standard InChI is InChI=1S/C16H24ClN3O/c1-11-9-14(17)13(10-18-11)15(21)19-12-5-7-20(8-6-12)16(2,3)4/h9-10,12H,5-8H2,1-4H3,(H,19,21). The van der Waals surface area contributed by atoms with Gasteiger partial charge in [0.2, 0.25) is 0 Å². The second-order valence-corrected chi connectivity index (χ2v) is 7.12. The lowest BCUT2D eigenvalue weighted by Gasteiger charge is -2.41. The molecular formula is C16H24ClN3O. The van der Waals surface area contributed by atoms with Crippen molar-refractivity contribution in [3.05, 3.63) is 28.5 Å². The Hall–Kier alpha value is -1.13. The van der Waals surface area contributed by atoms with E-state index >= 15 is 0 Å². The third-order valence-electron chi connectivity index (χ3n) is 4.01. The number of pyridine rings is 1.